The molecule has 3 amide bonds. The zero-order chi connectivity index (χ0) is 15.1. The van der Waals surface area contributed by atoms with Gasteiger partial charge < -0.3 is 5.32 Å². The van der Waals surface area contributed by atoms with Crippen LogP contribution >= 0.6 is 0 Å². The summed E-state index contributed by atoms with van der Waals surface area (Å²) in [6.45, 7) is 6.42. The third kappa shape index (κ3) is 4.92. The summed E-state index contributed by atoms with van der Waals surface area (Å²) in [5.41, 5.74) is 0. The van der Waals surface area contributed by atoms with E-state index in [1.807, 2.05) is 4.90 Å². The Labute approximate surface area is 120 Å². The molecule has 0 aromatic heterocycles. The highest BCUT2D eigenvalue weighted by molar-refractivity contribution is 5.96. The van der Waals surface area contributed by atoms with Crippen LogP contribution in [-0.4, -0.2) is 47.8 Å². The number of nitrogens with zero attached hydrogens (tertiary/aromatic N) is 1. The molecule has 2 atom stereocenters. The lowest BCUT2D eigenvalue weighted by Crippen LogP contribution is -2.54. The van der Waals surface area contributed by atoms with Gasteiger partial charge in [0.25, 0.3) is 0 Å². The first-order chi connectivity index (χ1) is 9.45. The SMILES string of the molecule is CCNC(=O)NC(=O)C(C)N1CCCCC1CC(C)=O. The van der Waals surface area contributed by atoms with E-state index in [0.717, 1.165) is 25.8 Å². The maximum absolute atomic E-state index is 12.1. The number of ketones is 1. The van der Waals surface area contributed by atoms with Crippen molar-refractivity contribution in [2.75, 3.05) is 13.1 Å². The topological polar surface area (TPSA) is 78.5 Å². The minimum absolute atomic E-state index is 0.108. The lowest BCUT2D eigenvalue weighted by Gasteiger charge is -2.38. The maximum atomic E-state index is 12.1. The van der Waals surface area contributed by atoms with E-state index in [1.54, 1.807) is 20.8 Å². The molecule has 0 spiro atoms. The predicted octanol–water partition coefficient (Wildman–Crippen LogP) is 1.05. The summed E-state index contributed by atoms with van der Waals surface area (Å²) >= 11 is 0. The predicted molar refractivity (Wildman–Crippen MR) is 76.3 cm³/mol. The fourth-order valence-electron chi connectivity index (χ4n) is 2.66. The van der Waals surface area contributed by atoms with Gasteiger partial charge in [-0.15, -0.1) is 0 Å². The van der Waals surface area contributed by atoms with E-state index in [2.05, 4.69) is 10.6 Å². The van der Waals surface area contributed by atoms with Crippen LogP contribution in [0, 0.1) is 0 Å². The number of Topliss-reactive ketones (excluding diaryl/α,β-unsaturated/α-hetero) is 1. The molecule has 0 radical (unpaired) electrons. The fraction of sp³-hybridized carbons (Fsp3) is 0.786. The van der Waals surface area contributed by atoms with Crippen LogP contribution in [0.3, 0.4) is 0 Å². The second-order valence-corrected chi connectivity index (χ2v) is 5.32. The van der Waals surface area contributed by atoms with Gasteiger partial charge in [-0.1, -0.05) is 6.42 Å². The monoisotopic (exact) mass is 283 g/mol. The molecule has 6 nitrogen and oxygen atoms in total. The average molecular weight is 283 g/mol. The Balaban J connectivity index is 2.61. The van der Waals surface area contributed by atoms with Gasteiger partial charge in [-0.3, -0.25) is 19.8 Å². The van der Waals surface area contributed by atoms with Crippen molar-refractivity contribution in [3.63, 3.8) is 0 Å². The molecule has 0 aliphatic carbocycles. The summed E-state index contributed by atoms with van der Waals surface area (Å²) in [5, 5.41) is 4.87. The summed E-state index contributed by atoms with van der Waals surface area (Å²) in [6, 6.07) is -0.761. The molecule has 1 aliphatic rings. The van der Waals surface area contributed by atoms with Crippen molar-refractivity contribution < 1.29 is 14.4 Å². The summed E-state index contributed by atoms with van der Waals surface area (Å²) < 4.78 is 0. The number of hydrogen-bond donors (Lipinski definition) is 2. The van der Waals surface area contributed by atoms with Crippen LogP contribution in [0.4, 0.5) is 4.79 Å². The molecule has 0 saturated carbocycles. The molecule has 0 bridgehead atoms. The highest BCUT2D eigenvalue weighted by atomic mass is 16.2. The van der Waals surface area contributed by atoms with Gasteiger partial charge in [-0.2, -0.15) is 0 Å². The van der Waals surface area contributed by atoms with E-state index in [-0.39, 0.29) is 17.7 Å². The first-order valence-corrected chi connectivity index (χ1v) is 7.29. The Bertz CT molecular complexity index is 371. The van der Waals surface area contributed by atoms with Gasteiger partial charge in [0.1, 0.15) is 5.78 Å². The van der Waals surface area contributed by atoms with Crippen molar-refractivity contribution in [3.05, 3.63) is 0 Å². The van der Waals surface area contributed by atoms with E-state index < -0.39 is 12.1 Å². The van der Waals surface area contributed by atoms with Crippen LogP contribution in [0.5, 0.6) is 0 Å². The summed E-state index contributed by atoms with van der Waals surface area (Å²) in [4.78, 5) is 36.8. The number of hydrogen-bond acceptors (Lipinski definition) is 4. The Morgan fingerprint density at radius 2 is 2.00 bits per heavy atom. The third-order valence-electron chi connectivity index (χ3n) is 3.65. The van der Waals surface area contributed by atoms with Gasteiger partial charge >= 0.3 is 6.03 Å². The van der Waals surface area contributed by atoms with Crippen molar-refractivity contribution in [2.45, 2.75) is 58.5 Å². The van der Waals surface area contributed by atoms with Crippen LogP contribution in [-0.2, 0) is 9.59 Å². The first kappa shape index (κ1) is 16.6. The molecule has 1 fully saturated rings. The van der Waals surface area contributed by atoms with E-state index in [1.165, 1.54) is 0 Å². The lowest BCUT2D eigenvalue weighted by molar-refractivity contribution is -0.128. The zero-order valence-electron chi connectivity index (χ0n) is 12.6. The van der Waals surface area contributed by atoms with Gasteiger partial charge in [-0.05, 0) is 40.2 Å². The van der Waals surface area contributed by atoms with Crippen LogP contribution in [0.1, 0.15) is 46.5 Å². The van der Waals surface area contributed by atoms with Gasteiger partial charge in [0.2, 0.25) is 5.91 Å². The fourth-order valence-corrected chi connectivity index (χ4v) is 2.66. The Kier molecular flexibility index (Phi) is 6.64. The Morgan fingerprint density at radius 3 is 2.60 bits per heavy atom. The molecule has 1 saturated heterocycles. The molecule has 0 aromatic rings. The normalized spacial score (nSPS) is 21.1. The van der Waals surface area contributed by atoms with Crippen LogP contribution in [0.15, 0.2) is 0 Å². The third-order valence-corrected chi connectivity index (χ3v) is 3.65. The minimum atomic E-state index is -0.468. The smallest absolute Gasteiger partial charge is 0.321 e. The van der Waals surface area contributed by atoms with Gasteiger partial charge in [0.15, 0.2) is 0 Å². The second kappa shape index (κ2) is 7.99. The first-order valence-electron chi connectivity index (χ1n) is 7.29. The Morgan fingerprint density at radius 1 is 1.30 bits per heavy atom. The van der Waals surface area contributed by atoms with Crippen molar-refractivity contribution in [2.24, 2.45) is 0 Å². The van der Waals surface area contributed by atoms with Crippen molar-refractivity contribution in [1.29, 1.82) is 0 Å². The molecule has 2 N–H and O–H groups in total. The summed E-state index contributed by atoms with van der Waals surface area (Å²) in [5.74, 6) is -0.176. The number of urea groups is 1. The second-order valence-electron chi connectivity index (χ2n) is 5.32. The number of likely N-dealkylation sites (tertiary alicyclic amines) is 1. The Hall–Kier alpha value is -1.43. The molecule has 1 heterocycles. The number of imide groups is 1. The standard InChI is InChI=1S/C14H25N3O3/c1-4-15-14(20)16-13(19)11(3)17-8-6-5-7-12(17)9-10(2)18/h11-12H,4-9H2,1-3H3,(H2,15,16,19,20). The van der Waals surface area contributed by atoms with Gasteiger partial charge in [-0.25, -0.2) is 4.79 Å². The van der Waals surface area contributed by atoms with Crippen molar-refractivity contribution >= 4 is 17.7 Å². The minimum Gasteiger partial charge on any atom is -0.338 e. The molecule has 1 rings (SSSR count). The molecule has 6 heteroatoms. The number of carbonyl (C=O) groups excluding carboxylic acids is 3. The van der Waals surface area contributed by atoms with E-state index in [9.17, 15) is 14.4 Å². The van der Waals surface area contributed by atoms with Crippen molar-refractivity contribution in [3.8, 4) is 0 Å². The number of nitrogens with one attached hydrogen (secondary N) is 2. The largest absolute Gasteiger partial charge is 0.338 e. The highest BCUT2D eigenvalue weighted by Gasteiger charge is 2.31. The molecule has 0 aromatic carbocycles. The summed E-state index contributed by atoms with van der Waals surface area (Å²) in [7, 11) is 0. The zero-order valence-corrected chi connectivity index (χ0v) is 12.6. The van der Waals surface area contributed by atoms with Crippen LogP contribution in [0.25, 0.3) is 0 Å². The van der Waals surface area contributed by atoms with E-state index in [4.69, 9.17) is 0 Å². The maximum Gasteiger partial charge on any atom is 0.321 e. The van der Waals surface area contributed by atoms with Gasteiger partial charge in [0.05, 0.1) is 6.04 Å². The van der Waals surface area contributed by atoms with Gasteiger partial charge in [0, 0.05) is 19.0 Å². The van der Waals surface area contributed by atoms with Crippen LogP contribution < -0.4 is 10.6 Å². The molecule has 2 unspecified atom stereocenters. The highest BCUT2D eigenvalue weighted by Crippen LogP contribution is 2.22. The van der Waals surface area contributed by atoms with Crippen molar-refractivity contribution in [1.82, 2.24) is 15.5 Å². The number of amides is 3. The van der Waals surface area contributed by atoms with E-state index >= 15 is 0 Å². The average Bonchev–Trinajstić information content (AvgIpc) is 2.38. The molecular weight excluding hydrogens is 258 g/mol. The molecular formula is C14H25N3O3. The number of carbonyl (C=O) groups is 3. The lowest BCUT2D eigenvalue weighted by atomic mass is 9.96. The van der Waals surface area contributed by atoms with E-state index in [0.29, 0.717) is 13.0 Å². The number of rotatable bonds is 5. The molecule has 20 heavy (non-hydrogen) atoms. The molecule has 114 valence electrons. The quantitative estimate of drug-likeness (QED) is 0.790. The molecule has 1 aliphatic heterocycles. The van der Waals surface area contributed by atoms with Crippen LogP contribution in [0.2, 0.25) is 0 Å². The summed E-state index contributed by atoms with van der Waals surface area (Å²) in [6.07, 6.45) is 3.50. The number of piperidine rings is 1.